The molecule has 2 heterocycles. The van der Waals surface area contributed by atoms with Crippen molar-refractivity contribution in [1.82, 2.24) is 4.98 Å². The van der Waals surface area contributed by atoms with Crippen LogP contribution in [0.2, 0.25) is 0 Å². The van der Waals surface area contributed by atoms with Gasteiger partial charge >= 0.3 is 0 Å². The number of amides is 1. The fourth-order valence-electron chi connectivity index (χ4n) is 2.88. The summed E-state index contributed by atoms with van der Waals surface area (Å²) >= 11 is 0. The zero-order valence-electron chi connectivity index (χ0n) is 13.7. The molecule has 1 aromatic heterocycles. The van der Waals surface area contributed by atoms with Gasteiger partial charge in [0, 0.05) is 28.0 Å². The third-order valence-corrected chi connectivity index (χ3v) is 4.00. The Kier molecular flexibility index (Phi) is 3.82. The summed E-state index contributed by atoms with van der Waals surface area (Å²) in [6, 6.07) is 13.3. The van der Waals surface area contributed by atoms with Crippen molar-refractivity contribution in [2.45, 2.75) is 6.92 Å². The number of hydrogen-bond acceptors (Lipinski definition) is 4. The number of carbonyl (C=O) groups excluding carboxylic acids is 1. The van der Waals surface area contributed by atoms with E-state index in [2.05, 4.69) is 10.3 Å². The van der Waals surface area contributed by atoms with Crippen LogP contribution in [0.3, 0.4) is 0 Å². The number of nitrogens with one attached hydrogen (secondary N) is 1. The van der Waals surface area contributed by atoms with Crippen molar-refractivity contribution in [3.8, 4) is 17.2 Å². The standard InChI is InChI=1S/C20H16N2O3/c1-2-24-18-6-4-3-5-13(18)11-16-15-8-7-14(20-21-9-10-25-20)12-17(15)22-19(16)23/h3-12H,2H2,1H3,(H,22,23). The number of fused-ring (bicyclic) bond motifs is 1. The van der Waals surface area contributed by atoms with Gasteiger partial charge in [-0.1, -0.05) is 24.3 Å². The van der Waals surface area contributed by atoms with Crippen LogP contribution in [-0.2, 0) is 4.79 Å². The van der Waals surface area contributed by atoms with Crippen LogP contribution < -0.4 is 10.1 Å². The summed E-state index contributed by atoms with van der Waals surface area (Å²) in [6.07, 6.45) is 4.98. The Morgan fingerprint density at radius 1 is 1.24 bits per heavy atom. The molecule has 1 N–H and O–H groups in total. The van der Waals surface area contributed by atoms with E-state index < -0.39 is 0 Å². The zero-order chi connectivity index (χ0) is 17.2. The zero-order valence-corrected chi connectivity index (χ0v) is 13.7. The van der Waals surface area contributed by atoms with Crippen LogP contribution in [0.15, 0.2) is 59.3 Å². The van der Waals surface area contributed by atoms with Gasteiger partial charge in [-0.25, -0.2) is 4.98 Å². The average Bonchev–Trinajstić information content (AvgIpc) is 3.25. The molecule has 0 bridgehead atoms. The fourth-order valence-corrected chi connectivity index (χ4v) is 2.88. The lowest BCUT2D eigenvalue weighted by Crippen LogP contribution is -2.03. The summed E-state index contributed by atoms with van der Waals surface area (Å²) in [4.78, 5) is 16.6. The smallest absolute Gasteiger partial charge is 0.256 e. The highest BCUT2D eigenvalue weighted by Gasteiger charge is 2.25. The number of hydrogen-bond donors (Lipinski definition) is 1. The van der Waals surface area contributed by atoms with Crippen LogP contribution in [0, 0.1) is 0 Å². The first-order valence-electron chi connectivity index (χ1n) is 8.05. The van der Waals surface area contributed by atoms with Crippen molar-refractivity contribution in [2.75, 3.05) is 11.9 Å². The normalized spacial score (nSPS) is 14.4. The second kappa shape index (κ2) is 6.28. The second-order valence-electron chi connectivity index (χ2n) is 5.58. The molecule has 25 heavy (non-hydrogen) atoms. The Labute approximate surface area is 145 Å². The van der Waals surface area contributed by atoms with Gasteiger partial charge in [0.05, 0.1) is 12.8 Å². The van der Waals surface area contributed by atoms with Gasteiger partial charge in [0.25, 0.3) is 5.91 Å². The monoisotopic (exact) mass is 332 g/mol. The molecular formula is C20H16N2O3. The number of benzene rings is 2. The molecule has 5 heteroatoms. The molecule has 1 aliphatic heterocycles. The van der Waals surface area contributed by atoms with Crippen LogP contribution >= 0.6 is 0 Å². The highest BCUT2D eigenvalue weighted by molar-refractivity contribution is 6.35. The largest absolute Gasteiger partial charge is 0.493 e. The number of ether oxygens (including phenoxy) is 1. The molecule has 3 aromatic rings. The maximum atomic E-state index is 12.4. The van der Waals surface area contributed by atoms with Gasteiger partial charge in [-0.05, 0) is 31.2 Å². The van der Waals surface area contributed by atoms with Gasteiger partial charge in [0.15, 0.2) is 0 Å². The molecule has 1 amide bonds. The summed E-state index contributed by atoms with van der Waals surface area (Å²) in [7, 11) is 0. The highest BCUT2D eigenvalue weighted by Crippen LogP contribution is 2.36. The molecule has 0 saturated carbocycles. The maximum Gasteiger partial charge on any atom is 0.256 e. The topological polar surface area (TPSA) is 64.4 Å². The van der Waals surface area contributed by atoms with Gasteiger partial charge in [0.2, 0.25) is 5.89 Å². The van der Waals surface area contributed by atoms with Gasteiger partial charge in [-0.2, -0.15) is 0 Å². The molecule has 0 unspecified atom stereocenters. The van der Waals surface area contributed by atoms with Gasteiger partial charge in [-0.15, -0.1) is 0 Å². The quantitative estimate of drug-likeness (QED) is 0.726. The van der Waals surface area contributed by atoms with Crippen molar-refractivity contribution >= 4 is 23.2 Å². The van der Waals surface area contributed by atoms with Crippen molar-refractivity contribution in [3.63, 3.8) is 0 Å². The van der Waals surface area contributed by atoms with Gasteiger partial charge in [0.1, 0.15) is 12.0 Å². The van der Waals surface area contributed by atoms with Crippen LogP contribution in [0.1, 0.15) is 18.1 Å². The first kappa shape index (κ1) is 15.2. The number of oxazole rings is 1. The molecule has 5 nitrogen and oxygen atoms in total. The fraction of sp³-hybridized carbons (Fsp3) is 0.100. The number of anilines is 1. The van der Waals surface area contributed by atoms with E-state index in [1.54, 1.807) is 6.20 Å². The van der Waals surface area contributed by atoms with E-state index in [0.717, 1.165) is 28.1 Å². The first-order valence-corrected chi connectivity index (χ1v) is 8.05. The van der Waals surface area contributed by atoms with Crippen LogP contribution in [0.25, 0.3) is 23.1 Å². The molecule has 0 saturated heterocycles. The predicted molar refractivity (Wildman–Crippen MR) is 96.1 cm³/mol. The van der Waals surface area contributed by atoms with E-state index >= 15 is 0 Å². The molecule has 0 fully saturated rings. The average molecular weight is 332 g/mol. The minimum atomic E-state index is -0.133. The lowest BCUT2D eigenvalue weighted by molar-refractivity contribution is -0.110. The predicted octanol–water partition coefficient (Wildman–Crippen LogP) is 4.23. The molecule has 4 rings (SSSR count). The molecule has 2 aromatic carbocycles. The minimum absolute atomic E-state index is 0.133. The third kappa shape index (κ3) is 2.80. The minimum Gasteiger partial charge on any atom is -0.493 e. The van der Waals surface area contributed by atoms with E-state index in [-0.39, 0.29) is 5.91 Å². The maximum absolute atomic E-state index is 12.4. The Hall–Kier alpha value is -3.34. The number of aromatic nitrogens is 1. The van der Waals surface area contributed by atoms with E-state index in [4.69, 9.17) is 9.15 Å². The number of para-hydroxylation sites is 1. The van der Waals surface area contributed by atoms with Crippen LogP contribution in [0.4, 0.5) is 5.69 Å². The number of carbonyl (C=O) groups is 1. The summed E-state index contributed by atoms with van der Waals surface area (Å²) < 4.78 is 11.0. The molecular weight excluding hydrogens is 316 g/mol. The lowest BCUT2D eigenvalue weighted by atomic mass is 10.0. The third-order valence-electron chi connectivity index (χ3n) is 4.00. The number of rotatable bonds is 4. The van der Waals surface area contributed by atoms with Crippen LogP contribution in [-0.4, -0.2) is 17.5 Å². The van der Waals surface area contributed by atoms with Crippen LogP contribution in [0.5, 0.6) is 5.75 Å². The van der Waals surface area contributed by atoms with E-state index in [1.807, 2.05) is 55.5 Å². The Balaban J connectivity index is 1.75. The molecule has 0 spiro atoms. The summed E-state index contributed by atoms with van der Waals surface area (Å²) in [5.41, 5.74) is 3.91. The molecule has 0 atom stereocenters. The molecule has 0 radical (unpaired) electrons. The lowest BCUT2D eigenvalue weighted by Gasteiger charge is -2.07. The number of nitrogens with zero attached hydrogens (tertiary/aromatic N) is 1. The Morgan fingerprint density at radius 3 is 2.92 bits per heavy atom. The summed E-state index contributed by atoms with van der Waals surface area (Å²) in [6.45, 7) is 2.51. The Bertz CT molecular complexity index is 959. The van der Waals surface area contributed by atoms with Crippen molar-refractivity contribution in [2.24, 2.45) is 0 Å². The molecule has 0 aliphatic carbocycles. The first-order chi connectivity index (χ1) is 12.3. The SMILES string of the molecule is CCOc1ccccc1C=C1C(=O)Nc2cc(-c3ncco3)ccc21. The summed E-state index contributed by atoms with van der Waals surface area (Å²) in [5.74, 6) is 1.15. The van der Waals surface area contributed by atoms with Gasteiger partial charge < -0.3 is 14.5 Å². The van der Waals surface area contributed by atoms with Crippen molar-refractivity contribution in [1.29, 1.82) is 0 Å². The van der Waals surface area contributed by atoms with Crippen molar-refractivity contribution < 1.29 is 13.9 Å². The van der Waals surface area contributed by atoms with E-state index in [1.165, 1.54) is 6.26 Å². The molecule has 1 aliphatic rings. The summed E-state index contributed by atoms with van der Waals surface area (Å²) in [5, 5.41) is 2.90. The molecule has 124 valence electrons. The van der Waals surface area contributed by atoms with Crippen molar-refractivity contribution in [3.05, 3.63) is 66.1 Å². The van der Waals surface area contributed by atoms with Gasteiger partial charge in [-0.3, -0.25) is 4.79 Å². The van der Waals surface area contributed by atoms with E-state index in [0.29, 0.717) is 18.1 Å². The second-order valence-corrected chi connectivity index (χ2v) is 5.58. The van der Waals surface area contributed by atoms with E-state index in [9.17, 15) is 4.79 Å². The Morgan fingerprint density at radius 2 is 2.12 bits per heavy atom. The highest BCUT2D eigenvalue weighted by atomic mass is 16.5.